The number of primary amides is 1. The lowest BCUT2D eigenvalue weighted by Crippen LogP contribution is -2.48. The Morgan fingerprint density at radius 1 is 1.44 bits per heavy atom. The van der Waals surface area contributed by atoms with Gasteiger partial charge < -0.3 is 10.6 Å². The van der Waals surface area contributed by atoms with Gasteiger partial charge in [0, 0.05) is 24.9 Å². The number of carbonyl (C=O) groups is 2. The molecule has 5 heteroatoms. The summed E-state index contributed by atoms with van der Waals surface area (Å²) in [6.45, 7) is 2.48. The van der Waals surface area contributed by atoms with Gasteiger partial charge in [-0.2, -0.15) is 0 Å². The van der Waals surface area contributed by atoms with Crippen molar-refractivity contribution in [2.75, 3.05) is 12.4 Å². The van der Waals surface area contributed by atoms with Crippen LogP contribution in [0.5, 0.6) is 0 Å². The van der Waals surface area contributed by atoms with E-state index in [4.69, 9.17) is 17.3 Å². The largest absolute Gasteiger partial charge is 0.369 e. The highest BCUT2D eigenvalue weighted by Crippen LogP contribution is 2.22. The molecule has 0 aromatic rings. The van der Waals surface area contributed by atoms with E-state index in [1.54, 1.807) is 4.90 Å². The van der Waals surface area contributed by atoms with E-state index in [0.29, 0.717) is 25.3 Å². The minimum absolute atomic E-state index is 0.0825. The molecule has 92 valence electrons. The smallest absolute Gasteiger partial charge is 0.222 e. The van der Waals surface area contributed by atoms with Crippen molar-refractivity contribution in [2.45, 2.75) is 38.6 Å². The summed E-state index contributed by atoms with van der Waals surface area (Å²) in [7, 11) is 0. The van der Waals surface area contributed by atoms with Crippen LogP contribution in [0.4, 0.5) is 0 Å². The maximum absolute atomic E-state index is 11.9. The quantitative estimate of drug-likeness (QED) is 0.756. The van der Waals surface area contributed by atoms with Gasteiger partial charge in [0.15, 0.2) is 0 Å². The van der Waals surface area contributed by atoms with Crippen LogP contribution in [0.3, 0.4) is 0 Å². The van der Waals surface area contributed by atoms with Crippen molar-refractivity contribution in [2.24, 2.45) is 11.7 Å². The number of nitrogens with two attached hydrogens (primary N) is 1. The van der Waals surface area contributed by atoms with Crippen LogP contribution < -0.4 is 5.73 Å². The summed E-state index contributed by atoms with van der Waals surface area (Å²) in [5.74, 6) is 0.0880. The van der Waals surface area contributed by atoms with E-state index in [1.165, 1.54) is 0 Å². The molecule has 0 radical (unpaired) electrons. The summed E-state index contributed by atoms with van der Waals surface area (Å²) >= 11 is 5.56. The number of likely N-dealkylation sites (tertiary alicyclic amines) is 1. The van der Waals surface area contributed by atoms with Gasteiger partial charge in [0.05, 0.1) is 5.92 Å². The Balaban J connectivity index is 2.55. The third kappa shape index (κ3) is 3.37. The van der Waals surface area contributed by atoms with Crippen LogP contribution in [-0.4, -0.2) is 35.2 Å². The number of carbonyl (C=O) groups excluding carboxylic acids is 2. The van der Waals surface area contributed by atoms with Gasteiger partial charge in [0.2, 0.25) is 11.8 Å². The van der Waals surface area contributed by atoms with Crippen LogP contribution in [-0.2, 0) is 9.59 Å². The van der Waals surface area contributed by atoms with Gasteiger partial charge in [0.1, 0.15) is 0 Å². The Morgan fingerprint density at radius 3 is 2.69 bits per heavy atom. The number of alkyl halides is 1. The van der Waals surface area contributed by atoms with E-state index in [-0.39, 0.29) is 23.8 Å². The van der Waals surface area contributed by atoms with Gasteiger partial charge in [0.25, 0.3) is 0 Å². The van der Waals surface area contributed by atoms with Crippen molar-refractivity contribution in [3.05, 3.63) is 0 Å². The number of piperidine rings is 1. The molecule has 2 amide bonds. The first-order chi connectivity index (χ1) is 7.56. The third-order valence-corrected chi connectivity index (χ3v) is 3.40. The zero-order valence-corrected chi connectivity index (χ0v) is 10.4. The van der Waals surface area contributed by atoms with Gasteiger partial charge in [-0.25, -0.2) is 0 Å². The standard InChI is InChI=1S/C11H19ClN2O2/c1-8-4-5-9(11(13)16)7-14(8)10(15)3-2-6-12/h8-9H,2-7H2,1H3,(H2,13,16). The Labute approximate surface area is 101 Å². The molecule has 2 N–H and O–H groups in total. The Kier molecular flexibility index (Phi) is 5.06. The lowest BCUT2D eigenvalue weighted by Gasteiger charge is -2.37. The van der Waals surface area contributed by atoms with E-state index >= 15 is 0 Å². The topological polar surface area (TPSA) is 63.4 Å². The molecule has 1 saturated heterocycles. The molecule has 0 aliphatic carbocycles. The summed E-state index contributed by atoms with van der Waals surface area (Å²) in [5.41, 5.74) is 5.28. The molecule has 2 atom stereocenters. The maximum Gasteiger partial charge on any atom is 0.222 e. The average molecular weight is 247 g/mol. The molecule has 2 unspecified atom stereocenters. The fourth-order valence-corrected chi connectivity index (χ4v) is 2.18. The van der Waals surface area contributed by atoms with Crippen molar-refractivity contribution < 1.29 is 9.59 Å². The zero-order chi connectivity index (χ0) is 12.1. The van der Waals surface area contributed by atoms with Crippen molar-refractivity contribution >= 4 is 23.4 Å². The molecule has 0 aromatic carbocycles. The number of amides is 2. The molecular formula is C11H19ClN2O2. The second-order valence-corrected chi connectivity index (χ2v) is 4.74. The molecule has 0 aromatic heterocycles. The highest BCUT2D eigenvalue weighted by Gasteiger charge is 2.30. The lowest BCUT2D eigenvalue weighted by molar-refractivity contribution is -0.137. The molecule has 1 fully saturated rings. The Hall–Kier alpha value is -0.770. The van der Waals surface area contributed by atoms with E-state index < -0.39 is 0 Å². The highest BCUT2D eigenvalue weighted by molar-refractivity contribution is 6.17. The second-order valence-electron chi connectivity index (χ2n) is 4.36. The molecule has 0 bridgehead atoms. The van der Waals surface area contributed by atoms with Crippen molar-refractivity contribution in [1.82, 2.24) is 4.90 Å². The molecule has 1 aliphatic heterocycles. The number of rotatable bonds is 4. The predicted molar refractivity (Wildman–Crippen MR) is 63.0 cm³/mol. The average Bonchev–Trinajstić information content (AvgIpc) is 2.26. The van der Waals surface area contributed by atoms with Crippen LogP contribution in [0.1, 0.15) is 32.6 Å². The van der Waals surface area contributed by atoms with E-state index in [1.807, 2.05) is 6.92 Å². The van der Waals surface area contributed by atoms with Crippen LogP contribution in [0, 0.1) is 5.92 Å². The molecule has 1 rings (SSSR count). The second kappa shape index (κ2) is 6.09. The number of halogens is 1. The molecule has 16 heavy (non-hydrogen) atoms. The third-order valence-electron chi connectivity index (χ3n) is 3.13. The lowest BCUT2D eigenvalue weighted by atomic mass is 9.92. The molecule has 0 saturated carbocycles. The number of hydrogen-bond acceptors (Lipinski definition) is 2. The summed E-state index contributed by atoms with van der Waals surface area (Å²) in [6, 6.07) is 0.207. The van der Waals surface area contributed by atoms with Gasteiger partial charge >= 0.3 is 0 Å². The molecule has 0 spiro atoms. The first-order valence-electron chi connectivity index (χ1n) is 5.71. The normalized spacial score (nSPS) is 25.5. The van der Waals surface area contributed by atoms with Gasteiger partial charge in [-0.1, -0.05) is 0 Å². The Bertz CT molecular complexity index is 271. The summed E-state index contributed by atoms with van der Waals surface area (Å²) < 4.78 is 0. The monoisotopic (exact) mass is 246 g/mol. The zero-order valence-electron chi connectivity index (χ0n) is 9.62. The van der Waals surface area contributed by atoms with Gasteiger partial charge in [-0.05, 0) is 26.2 Å². The summed E-state index contributed by atoms with van der Waals surface area (Å²) in [6.07, 6.45) is 2.78. The highest BCUT2D eigenvalue weighted by atomic mass is 35.5. The van der Waals surface area contributed by atoms with Crippen molar-refractivity contribution in [3.63, 3.8) is 0 Å². The van der Waals surface area contributed by atoms with Crippen molar-refractivity contribution in [1.29, 1.82) is 0 Å². The van der Waals surface area contributed by atoms with Crippen LogP contribution in [0.25, 0.3) is 0 Å². The molecule has 1 aliphatic rings. The number of hydrogen-bond donors (Lipinski definition) is 1. The first-order valence-corrected chi connectivity index (χ1v) is 6.24. The summed E-state index contributed by atoms with van der Waals surface area (Å²) in [4.78, 5) is 24.7. The predicted octanol–water partition coefficient (Wildman–Crippen LogP) is 1.12. The molecule has 4 nitrogen and oxygen atoms in total. The van der Waals surface area contributed by atoms with Crippen LogP contribution in [0.2, 0.25) is 0 Å². The summed E-state index contributed by atoms with van der Waals surface area (Å²) in [5, 5.41) is 0. The van der Waals surface area contributed by atoms with E-state index in [2.05, 4.69) is 0 Å². The van der Waals surface area contributed by atoms with Crippen LogP contribution in [0.15, 0.2) is 0 Å². The maximum atomic E-state index is 11.9. The van der Waals surface area contributed by atoms with Crippen LogP contribution >= 0.6 is 11.6 Å². The Morgan fingerprint density at radius 2 is 2.12 bits per heavy atom. The van der Waals surface area contributed by atoms with Gasteiger partial charge in [-0.15, -0.1) is 11.6 Å². The fourth-order valence-electron chi connectivity index (χ4n) is 2.05. The minimum atomic E-state index is -0.304. The number of nitrogens with zero attached hydrogens (tertiary/aromatic N) is 1. The first kappa shape index (κ1) is 13.3. The minimum Gasteiger partial charge on any atom is -0.369 e. The SMILES string of the molecule is CC1CCC(C(N)=O)CN1C(=O)CCCCl. The van der Waals surface area contributed by atoms with Crippen molar-refractivity contribution in [3.8, 4) is 0 Å². The van der Waals surface area contributed by atoms with E-state index in [9.17, 15) is 9.59 Å². The molecular weight excluding hydrogens is 228 g/mol. The fraction of sp³-hybridized carbons (Fsp3) is 0.818. The van der Waals surface area contributed by atoms with E-state index in [0.717, 1.165) is 12.8 Å². The van der Waals surface area contributed by atoms with Gasteiger partial charge in [-0.3, -0.25) is 9.59 Å². The molecule has 1 heterocycles.